The molecule has 0 radical (unpaired) electrons. The highest BCUT2D eigenvalue weighted by atomic mass is 35.5. The molecule has 0 saturated heterocycles. The third-order valence-electron chi connectivity index (χ3n) is 7.92. The van der Waals surface area contributed by atoms with Gasteiger partial charge in [-0.25, -0.2) is 13.1 Å². The number of benzene rings is 4. The van der Waals surface area contributed by atoms with Crippen LogP contribution in [0.3, 0.4) is 0 Å². The van der Waals surface area contributed by atoms with Gasteiger partial charge in [-0.15, -0.1) is 0 Å². The molecule has 1 fully saturated rings. The summed E-state index contributed by atoms with van der Waals surface area (Å²) >= 11 is 6.04. The highest BCUT2D eigenvalue weighted by molar-refractivity contribution is 7.89. The number of hydrogen-bond donors (Lipinski definition) is 2. The average molecular weight is 660 g/mol. The van der Waals surface area contributed by atoms with Crippen LogP contribution in [0.25, 0.3) is 0 Å². The maximum Gasteiger partial charge on any atom is 0.243 e. The molecule has 8 nitrogen and oxygen atoms in total. The van der Waals surface area contributed by atoms with Crippen molar-refractivity contribution in [2.45, 2.75) is 62.2 Å². The van der Waals surface area contributed by atoms with Gasteiger partial charge >= 0.3 is 0 Å². The van der Waals surface area contributed by atoms with Gasteiger partial charge in [-0.1, -0.05) is 78.3 Å². The molecule has 0 bridgehead atoms. The van der Waals surface area contributed by atoms with Crippen molar-refractivity contribution in [2.24, 2.45) is 0 Å². The van der Waals surface area contributed by atoms with Gasteiger partial charge in [0.1, 0.15) is 11.8 Å². The average Bonchev–Trinajstić information content (AvgIpc) is 3.89. The Kier molecular flexibility index (Phi) is 11.1. The molecular weight excluding hydrogens is 622 g/mol. The van der Waals surface area contributed by atoms with Gasteiger partial charge in [0.25, 0.3) is 0 Å². The third kappa shape index (κ3) is 9.42. The van der Waals surface area contributed by atoms with E-state index in [2.05, 4.69) is 10.0 Å². The Bertz CT molecular complexity index is 1710. The van der Waals surface area contributed by atoms with Crippen LogP contribution in [0.15, 0.2) is 108 Å². The SMILES string of the molecule is COc1ccc(CN(C(=O)CCc2ccc(S(=O)(=O)NC3CC3)cc2)[C@@H](Cc2ccccc2)C(=O)NCc2ccc(Cl)cc2)cc1. The number of rotatable bonds is 15. The second kappa shape index (κ2) is 15.4. The van der Waals surface area contributed by atoms with Gasteiger partial charge in [0.2, 0.25) is 21.8 Å². The van der Waals surface area contributed by atoms with Crippen molar-refractivity contribution in [3.63, 3.8) is 0 Å². The van der Waals surface area contributed by atoms with Crippen LogP contribution in [0.4, 0.5) is 0 Å². The molecule has 5 rings (SSSR count). The van der Waals surface area contributed by atoms with Crippen molar-refractivity contribution in [1.29, 1.82) is 0 Å². The zero-order valence-corrected chi connectivity index (χ0v) is 27.3. The van der Waals surface area contributed by atoms with Gasteiger partial charge in [-0.3, -0.25) is 9.59 Å². The molecule has 1 aliphatic rings. The van der Waals surface area contributed by atoms with Crippen LogP contribution in [0, 0.1) is 0 Å². The first kappa shape index (κ1) is 33.2. The van der Waals surface area contributed by atoms with Crippen molar-refractivity contribution < 1.29 is 22.7 Å². The standard InChI is InChI=1S/C36H38ClN3O5S/c1-45-32-18-9-29(10-19-32)25-40(35(41)22-13-26-11-20-33(21-12-26)46(43,44)39-31-16-17-31)34(23-27-5-3-2-4-6-27)36(42)38-24-28-7-14-30(37)15-8-28/h2-12,14-15,18-21,31,34,39H,13,16-17,22-25H2,1H3,(H,38,42)/t34-/m0/s1. The zero-order valence-electron chi connectivity index (χ0n) is 25.7. The number of amides is 2. The molecule has 1 atom stereocenters. The molecule has 0 heterocycles. The number of aryl methyl sites for hydroxylation is 1. The Morgan fingerprint density at radius 2 is 1.48 bits per heavy atom. The molecule has 4 aromatic carbocycles. The van der Waals surface area contributed by atoms with E-state index in [0.717, 1.165) is 35.1 Å². The lowest BCUT2D eigenvalue weighted by atomic mass is 10.0. The number of hydrogen-bond acceptors (Lipinski definition) is 5. The number of halogens is 1. The van der Waals surface area contributed by atoms with Gasteiger partial charge in [0, 0.05) is 37.0 Å². The Morgan fingerprint density at radius 1 is 0.848 bits per heavy atom. The van der Waals surface area contributed by atoms with Crippen molar-refractivity contribution in [1.82, 2.24) is 14.9 Å². The number of nitrogens with one attached hydrogen (secondary N) is 2. The van der Waals surface area contributed by atoms with Gasteiger partial charge in [-0.05, 0) is 77.9 Å². The largest absolute Gasteiger partial charge is 0.497 e. The predicted molar refractivity (Wildman–Crippen MR) is 179 cm³/mol. The minimum Gasteiger partial charge on any atom is -0.497 e. The normalized spacial score (nSPS) is 13.5. The summed E-state index contributed by atoms with van der Waals surface area (Å²) < 4.78 is 33.2. The summed E-state index contributed by atoms with van der Waals surface area (Å²) in [6.45, 7) is 0.509. The maximum absolute atomic E-state index is 14.0. The van der Waals surface area contributed by atoms with Crippen LogP contribution in [-0.2, 0) is 45.5 Å². The Balaban J connectivity index is 1.36. The van der Waals surface area contributed by atoms with Crippen LogP contribution >= 0.6 is 11.6 Å². The number of sulfonamides is 1. The van der Waals surface area contributed by atoms with Crippen molar-refractivity contribution in [3.8, 4) is 5.75 Å². The van der Waals surface area contributed by atoms with Gasteiger partial charge in [-0.2, -0.15) is 0 Å². The first-order valence-corrected chi connectivity index (χ1v) is 17.2. The Morgan fingerprint density at radius 3 is 2.11 bits per heavy atom. The van der Waals surface area contributed by atoms with Crippen molar-refractivity contribution in [3.05, 3.63) is 130 Å². The molecule has 2 amide bonds. The summed E-state index contributed by atoms with van der Waals surface area (Å²) in [4.78, 5) is 29.8. The van der Waals surface area contributed by atoms with Crippen LogP contribution in [0.1, 0.15) is 41.5 Å². The highest BCUT2D eigenvalue weighted by Gasteiger charge is 2.31. The molecule has 240 valence electrons. The van der Waals surface area contributed by atoms with Gasteiger partial charge in [0.15, 0.2) is 0 Å². The monoisotopic (exact) mass is 659 g/mol. The van der Waals surface area contributed by atoms with E-state index < -0.39 is 16.1 Å². The summed E-state index contributed by atoms with van der Waals surface area (Å²) in [6, 6.07) is 30.2. The molecular formula is C36H38ClN3O5S. The van der Waals surface area contributed by atoms with E-state index in [1.165, 1.54) is 0 Å². The van der Waals surface area contributed by atoms with Crippen molar-refractivity contribution in [2.75, 3.05) is 7.11 Å². The molecule has 46 heavy (non-hydrogen) atoms. The molecule has 0 aromatic heterocycles. The maximum atomic E-state index is 14.0. The number of ether oxygens (including phenoxy) is 1. The van der Waals surface area contributed by atoms with Crippen LogP contribution < -0.4 is 14.8 Å². The van der Waals surface area contributed by atoms with Crippen LogP contribution in [0.5, 0.6) is 5.75 Å². The second-order valence-corrected chi connectivity index (χ2v) is 13.6. The first-order valence-electron chi connectivity index (χ1n) is 15.3. The molecule has 0 aliphatic heterocycles. The minimum atomic E-state index is -3.56. The number of nitrogens with zero attached hydrogens (tertiary/aromatic N) is 1. The van der Waals surface area contributed by atoms with Gasteiger partial charge < -0.3 is 15.0 Å². The smallest absolute Gasteiger partial charge is 0.243 e. The third-order valence-corrected chi connectivity index (χ3v) is 9.71. The molecule has 0 spiro atoms. The fourth-order valence-electron chi connectivity index (χ4n) is 5.11. The second-order valence-electron chi connectivity index (χ2n) is 11.5. The van der Waals surface area contributed by atoms with E-state index in [0.29, 0.717) is 23.6 Å². The van der Waals surface area contributed by atoms with Crippen LogP contribution in [0.2, 0.25) is 5.02 Å². The lowest BCUT2D eigenvalue weighted by Crippen LogP contribution is -2.50. The number of methoxy groups -OCH3 is 1. The lowest BCUT2D eigenvalue weighted by Gasteiger charge is -2.32. The topological polar surface area (TPSA) is 105 Å². The quantitative estimate of drug-likeness (QED) is 0.171. The van der Waals surface area contributed by atoms with Crippen molar-refractivity contribution >= 4 is 33.4 Å². The van der Waals surface area contributed by atoms with E-state index in [4.69, 9.17) is 16.3 Å². The number of carbonyl (C=O) groups excluding carboxylic acids is 2. The summed E-state index contributed by atoms with van der Waals surface area (Å²) in [7, 11) is -1.97. The molecule has 2 N–H and O–H groups in total. The zero-order chi connectivity index (χ0) is 32.5. The molecule has 10 heteroatoms. The summed E-state index contributed by atoms with van der Waals surface area (Å²) in [5.41, 5.74) is 3.51. The Hall–Kier alpha value is -4.18. The molecule has 1 saturated carbocycles. The van der Waals surface area contributed by atoms with E-state index >= 15 is 0 Å². The molecule has 1 aliphatic carbocycles. The summed E-state index contributed by atoms with van der Waals surface area (Å²) in [5, 5.41) is 3.64. The first-order chi connectivity index (χ1) is 22.2. The fraction of sp³-hybridized carbons (Fsp3) is 0.278. The van der Waals surface area contributed by atoms with Gasteiger partial charge in [0.05, 0.1) is 12.0 Å². The van der Waals surface area contributed by atoms with E-state index in [9.17, 15) is 18.0 Å². The lowest BCUT2D eigenvalue weighted by molar-refractivity contribution is -0.141. The Labute approximate surface area is 275 Å². The van der Waals surface area contributed by atoms with Crippen LogP contribution in [-0.4, -0.2) is 44.3 Å². The van der Waals surface area contributed by atoms with E-state index in [1.54, 1.807) is 48.4 Å². The van der Waals surface area contributed by atoms with E-state index in [1.807, 2.05) is 66.7 Å². The highest BCUT2D eigenvalue weighted by Crippen LogP contribution is 2.23. The van der Waals surface area contributed by atoms with E-state index in [-0.39, 0.29) is 42.3 Å². The molecule has 4 aromatic rings. The summed E-state index contributed by atoms with van der Waals surface area (Å²) in [5.74, 6) is 0.241. The number of carbonyl (C=O) groups is 2. The summed E-state index contributed by atoms with van der Waals surface area (Å²) in [6.07, 6.45) is 2.57. The predicted octanol–water partition coefficient (Wildman–Crippen LogP) is 5.68. The fourth-order valence-corrected chi connectivity index (χ4v) is 6.54. The minimum absolute atomic E-state index is 0.0196. The molecule has 0 unspecified atom stereocenters.